The summed E-state index contributed by atoms with van der Waals surface area (Å²) in [6.07, 6.45) is 0.654. The molecular weight excluding hydrogens is 304 g/mol. The lowest BCUT2D eigenvalue weighted by molar-refractivity contribution is -0.155. The van der Waals surface area contributed by atoms with Gasteiger partial charge in [-0.1, -0.05) is 18.2 Å². The molecule has 0 atom stereocenters. The summed E-state index contributed by atoms with van der Waals surface area (Å²) < 4.78 is 7.40. The molecule has 24 heavy (non-hydrogen) atoms. The number of amides is 1. The Morgan fingerprint density at radius 1 is 1.12 bits per heavy atom. The van der Waals surface area contributed by atoms with Crippen molar-refractivity contribution >= 4 is 39.9 Å². The number of carbonyl (C=O) groups is 2. The van der Waals surface area contributed by atoms with Gasteiger partial charge in [-0.3, -0.25) is 9.59 Å². The Kier molecular flexibility index (Phi) is 4.01. The Hall–Kier alpha value is -2.82. The van der Waals surface area contributed by atoms with Crippen molar-refractivity contribution in [1.29, 1.82) is 0 Å². The summed E-state index contributed by atoms with van der Waals surface area (Å²) in [6, 6.07) is 13.5. The molecule has 0 spiro atoms. The van der Waals surface area contributed by atoms with Crippen LogP contribution in [0.3, 0.4) is 0 Å². The van der Waals surface area contributed by atoms with Crippen LogP contribution in [-0.2, 0) is 20.9 Å². The summed E-state index contributed by atoms with van der Waals surface area (Å²) in [4.78, 5) is 23.0. The smallest absolute Gasteiger partial charge is 0.326 e. The number of ether oxygens (including phenoxy) is 1. The van der Waals surface area contributed by atoms with Crippen LogP contribution in [0.15, 0.2) is 42.5 Å². The van der Waals surface area contributed by atoms with E-state index in [2.05, 4.69) is 5.32 Å². The van der Waals surface area contributed by atoms with Gasteiger partial charge in [0.15, 0.2) is 0 Å². The van der Waals surface area contributed by atoms with E-state index < -0.39 is 5.60 Å². The summed E-state index contributed by atoms with van der Waals surface area (Å²) in [5.41, 5.74) is 2.09. The quantitative estimate of drug-likeness (QED) is 0.588. The van der Waals surface area contributed by atoms with E-state index in [-0.39, 0.29) is 12.5 Å². The van der Waals surface area contributed by atoms with Gasteiger partial charge in [0.25, 0.3) is 0 Å². The largest absolute Gasteiger partial charge is 0.459 e. The van der Waals surface area contributed by atoms with Gasteiger partial charge >= 0.3 is 5.97 Å². The van der Waals surface area contributed by atoms with Crippen molar-refractivity contribution in [3.63, 3.8) is 0 Å². The standard InChI is InChI=1S/C19H20N2O3/c1-19(2,3)24-18(23)11-21-16-7-5-4-6-14(16)15-10-13(20-12-22)8-9-17(15)21/h4-10,12H,11H2,1-3H3,(H,20,22). The third kappa shape index (κ3) is 3.11. The molecule has 124 valence electrons. The maximum absolute atomic E-state index is 12.3. The Bertz CT molecular complexity index is 919. The van der Waals surface area contributed by atoms with Gasteiger partial charge < -0.3 is 14.6 Å². The van der Waals surface area contributed by atoms with Gasteiger partial charge in [0.1, 0.15) is 12.1 Å². The van der Waals surface area contributed by atoms with E-state index in [0.717, 1.165) is 27.5 Å². The van der Waals surface area contributed by atoms with Crippen molar-refractivity contribution in [2.75, 3.05) is 5.32 Å². The third-order valence-electron chi connectivity index (χ3n) is 3.71. The zero-order valence-corrected chi connectivity index (χ0v) is 14.0. The molecule has 1 heterocycles. The maximum atomic E-state index is 12.3. The van der Waals surface area contributed by atoms with Crippen LogP contribution in [0.25, 0.3) is 21.8 Å². The Balaban J connectivity index is 2.11. The van der Waals surface area contributed by atoms with Gasteiger partial charge in [0, 0.05) is 27.5 Å². The number of nitrogens with one attached hydrogen (secondary N) is 1. The molecule has 0 saturated heterocycles. The molecule has 5 nitrogen and oxygen atoms in total. The number of esters is 1. The van der Waals surface area contributed by atoms with Crippen molar-refractivity contribution in [1.82, 2.24) is 4.57 Å². The second kappa shape index (κ2) is 6.00. The van der Waals surface area contributed by atoms with Crippen molar-refractivity contribution in [3.8, 4) is 0 Å². The average Bonchev–Trinajstić information content (AvgIpc) is 2.80. The van der Waals surface area contributed by atoms with E-state index in [9.17, 15) is 9.59 Å². The topological polar surface area (TPSA) is 60.3 Å². The highest BCUT2D eigenvalue weighted by Gasteiger charge is 2.19. The van der Waals surface area contributed by atoms with E-state index in [1.807, 2.05) is 67.8 Å². The SMILES string of the molecule is CC(C)(C)OC(=O)Cn1c2ccccc2c2cc(NC=O)ccc21. The first-order chi connectivity index (χ1) is 11.4. The van der Waals surface area contributed by atoms with Gasteiger partial charge in [-0.25, -0.2) is 0 Å². The Morgan fingerprint density at radius 2 is 1.83 bits per heavy atom. The van der Waals surface area contributed by atoms with E-state index >= 15 is 0 Å². The van der Waals surface area contributed by atoms with Crippen LogP contribution in [0.2, 0.25) is 0 Å². The van der Waals surface area contributed by atoms with E-state index in [1.54, 1.807) is 0 Å². The molecule has 0 aliphatic heterocycles. The zero-order chi connectivity index (χ0) is 17.3. The monoisotopic (exact) mass is 324 g/mol. The molecule has 3 rings (SSSR count). The van der Waals surface area contributed by atoms with Crippen LogP contribution in [0.5, 0.6) is 0 Å². The second-order valence-electron chi connectivity index (χ2n) is 6.68. The fourth-order valence-electron chi connectivity index (χ4n) is 2.88. The molecule has 0 unspecified atom stereocenters. The summed E-state index contributed by atoms with van der Waals surface area (Å²) in [6.45, 7) is 5.71. The minimum atomic E-state index is -0.517. The molecule has 0 saturated carbocycles. The van der Waals surface area contributed by atoms with Crippen LogP contribution in [0, 0.1) is 0 Å². The molecule has 2 aromatic carbocycles. The highest BCUT2D eigenvalue weighted by Crippen LogP contribution is 2.31. The third-order valence-corrected chi connectivity index (χ3v) is 3.71. The van der Waals surface area contributed by atoms with Crippen LogP contribution in [-0.4, -0.2) is 22.5 Å². The van der Waals surface area contributed by atoms with Crippen LogP contribution in [0.4, 0.5) is 5.69 Å². The number of benzene rings is 2. The van der Waals surface area contributed by atoms with E-state index in [4.69, 9.17) is 4.74 Å². The number of carbonyl (C=O) groups excluding carboxylic acids is 2. The molecule has 0 radical (unpaired) electrons. The highest BCUT2D eigenvalue weighted by atomic mass is 16.6. The van der Waals surface area contributed by atoms with Gasteiger partial charge in [-0.2, -0.15) is 0 Å². The van der Waals surface area contributed by atoms with Gasteiger partial charge in [0.05, 0.1) is 0 Å². The normalized spacial score (nSPS) is 11.6. The van der Waals surface area contributed by atoms with Gasteiger partial charge in [-0.05, 0) is 45.0 Å². The number of fused-ring (bicyclic) bond motifs is 3. The molecule has 0 aliphatic carbocycles. The lowest BCUT2D eigenvalue weighted by atomic mass is 10.1. The molecule has 0 fully saturated rings. The summed E-state index contributed by atoms with van der Waals surface area (Å²) in [5, 5.41) is 4.68. The molecule has 0 bridgehead atoms. The first-order valence-electron chi connectivity index (χ1n) is 7.82. The number of hydrogen-bond acceptors (Lipinski definition) is 3. The molecule has 5 heteroatoms. The first kappa shape index (κ1) is 16.1. The van der Waals surface area contributed by atoms with Crippen molar-refractivity contribution < 1.29 is 14.3 Å². The number of aromatic nitrogens is 1. The molecule has 1 amide bonds. The second-order valence-corrected chi connectivity index (χ2v) is 6.68. The Morgan fingerprint density at radius 3 is 2.54 bits per heavy atom. The minimum absolute atomic E-state index is 0.141. The van der Waals surface area contributed by atoms with E-state index in [0.29, 0.717) is 6.41 Å². The van der Waals surface area contributed by atoms with Gasteiger partial charge in [0.2, 0.25) is 6.41 Å². The molecule has 1 aromatic heterocycles. The molecule has 3 aromatic rings. The van der Waals surface area contributed by atoms with Crippen LogP contribution >= 0.6 is 0 Å². The fraction of sp³-hybridized carbons (Fsp3) is 0.263. The number of para-hydroxylation sites is 1. The summed E-state index contributed by atoms with van der Waals surface area (Å²) >= 11 is 0. The zero-order valence-electron chi connectivity index (χ0n) is 14.0. The number of hydrogen-bond donors (Lipinski definition) is 1. The van der Waals surface area contributed by atoms with E-state index in [1.165, 1.54) is 0 Å². The first-order valence-corrected chi connectivity index (χ1v) is 7.82. The molecular formula is C19H20N2O3. The van der Waals surface area contributed by atoms with Crippen LogP contribution < -0.4 is 5.32 Å². The lowest BCUT2D eigenvalue weighted by Gasteiger charge is -2.20. The molecule has 0 aliphatic rings. The van der Waals surface area contributed by atoms with Crippen molar-refractivity contribution in [2.45, 2.75) is 32.9 Å². The number of anilines is 1. The summed E-state index contributed by atoms with van der Waals surface area (Å²) in [5.74, 6) is -0.278. The minimum Gasteiger partial charge on any atom is -0.459 e. The fourth-order valence-corrected chi connectivity index (χ4v) is 2.88. The van der Waals surface area contributed by atoms with Crippen molar-refractivity contribution in [2.24, 2.45) is 0 Å². The van der Waals surface area contributed by atoms with Crippen molar-refractivity contribution in [3.05, 3.63) is 42.5 Å². The lowest BCUT2D eigenvalue weighted by Crippen LogP contribution is -2.26. The predicted octanol–water partition coefficient (Wildman–Crippen LogP) is 3.70. The predicted molar refractivity (Wildman–Crippen MR) is 95.0 cm³/mol. The average molecular weight is 324 g/mol. The Labute approximate surface area is 140 Å². The van der Waals surface area contributed by atoms with Crippen LogP contribution in [0.1, 0.15) is 20.8 Å². The van der Waals surface area contributed by atoms with Gasteiger partial charge in [-0.15, -0.1) is 0 Å². The molecule has 1 N–H and O–H groups in total. The number of rotatable bonds is 4. The summed E-state index contributed by atoms with van der Waals surface area (Å²) in [7, 11) is 0. The highest BCUT2D eigenvalue weighted by molar-refractivity contribution is 6.09. The number of nitrogens with zero attached hydrogens (tertiary/aromatic N) is 1. The maximum Gasteiger partial charge on any atom is 0.326 e.